The van der Waals surface area contributed by atoms with Gasteiger partial charge in [0.25, 0.3) is 0 Å². The molecule has 2 aromatic heterocycles. The van der Waals surface area contributed by atoms with Gasteiger partial charge in [-0.2, -0.15) is 0 Å². The standard InChI is InChI=1S/C14H11BrN2OS/c15-9-6-11-12(16)3-4-13(14(11)17-7-9)18-8-10-2-1-5-19-10/h1-7H,8,16H2. The van der Waals surface area contributed by atoms with E-state index in [9.17, 15) is 0 Å². The van der Waals surface area contributed by atoms with Crippen LogP contribution < -0.4 is 10.5 Å². The molecule has 1 aromatic carbocycles. The summed E-state index contributed by atoms with van der Waals surface area (Å²) in [5.74, 6) is 0.755. The first-order valence-electron chi connectivity index (χ1n) is 5.73. The number of aromatic nitrogens is 1. The van der Waals surface area contributed by atoms with Gasteiger partial charge in [-0.1, -0.05) is 6.07 Å². The smallest absolute Gasteiger partial charge is 0.146 e. The van der Waals surface area contributed by atoms with Crippen LogP contribution in [-0.2, 0) is 6.61 Å². The lowest BCUT2D eigenvalue weighted by Gasteiger charge is -2.09. The molecule has 0 amide bonds. The van der Waals surface area contributed by atoms with Crippen LogP contribution in [0.4, 0.5) is 5.69 Å². The number of ether oxygens (including phenoxy) is 1. The van der Waals surface area contributed by atoms with Gasteiger partial charge >= 0.3 is 0 Å². The van der Waals surface area contributed by atoms with Gasteiger partial charge in [-0.15, -0.1) is 11.3 Å². The molecule has 0 aliphatic rings. The minimum Gasteiger partial charge on any atom is -0.486 e. The largest absolute Gasteiger partial charge is 0.486 e. The van der Waals surface area contributed by atoms with Gasteiger partial charge in [0.15, 0.2) is 0 Å². The minimum absolute atomic E-state index is 0.550. The molecule has 3 nitrogen and oxygen atoms in total. The van der Waals surface area contributed by atoms with Crippen LogP contribution in [0.5, 0.6) is 5.75 Å². The maximum Gasteiger partial charge on any atom is 0.146 e. The topological polar surface area (TPSA) is 48.1 Å². The van der Waals surface area contributed by atoms with E-state index in [1.165, 1.54) is 4.88 Å². The third-order valence-corrected chi connectivity index (χ3v) is 4.05. The van der Waals surface area contributed by atoms with Crippen molar-refractivity contribution in [1.82, 2.24) is 4.98 Å². The quantitative estimate of drug-likeness (QED) is 0.729. The van der Waals surface area contributed by atoms with E-state index in [4.69, 9.17) is 10.5 Å². The molecule has 0 fully saturated rings. The van der Waals surface area contributed by atoms with Crippen molar-refractivity contribution >= 4 is 43.9 Å². The van der Waals surface area contributed by atoms with E-state index in [0.717, 1.165) is 21.1 Å². The summed E-state index contributed by atoms with van der Waals surface area (Å²) in [6.45, 7) is 0.550. The molecule has 0 aliphatic carbocycles. The number of halogens is 1. The van der Waals surface area contributed by atoms with E-state index >= 15 is 0 Å². The van der Waals surface area contributed by atoms with Gasteiger partial charge < -0.3 is 10.5 Å². The van der Waals surface area contributed by atoms with Crippen molar-refractivity contribution in [3.8, 4) is 5.75 Å². The second kappa shape index (κ2) is 5.19. The van der Waals surface area contributed by atoms with E-state index in [0.29, 0.717) is 12.3 Å². The number of anilines is 1. The van der Waals surface area contributed by atoms with Crippen LogP contribution in [0.3, 0.4) is 0 Å². The summed E-state index contributed by atoms with van der Waals surface area (Å²) in [5.41, 5.74) is 7.46. The Balaban J connectivity index is 1.97. The maximum absolute atomic E-state index is 5.97. The van der Waals surface area contributed by atoms with Crippen LogP contribution in [0, 0.1) is 0 Å². The average molecular weight is 335 g/mol. The zero-order valence-electron chi connectivity index (χ0n) is 9.97. The number of fused-ring (bicyclic) bond motifs is 1. The minimum atomic E-state index is 0.550. The van der Waals surface area contributed by atoms with Crippen LogP contribution in [-0.4, -0.2) is 4.98 Å². The van der Waals surface area contributed by atoms with Crippen molar-refractivity contribution in [2.45, 2.75) is 6.61 Å². The predicted octanol–water partition coefficient (Wildman–Crippen LogP) is 4.22. The van der Waals surface area contributed by atoms with E-state index in [1.54, 1.807) is 17.5 Å². The SMILES string of the molecule is Nc1ccc(OCc2cccs2)c2ncc(Br)cc12. The molecule has 0 radical (unpaired) electrons. The van der Waals surface area contributed by atoms with Gasteiger partial charge in [-0.25, -0.2) is 0 Å². The Kier molecular flexibility index (Phi) is 3.40. The fraction of sp³-hybridized carbons (Fsp3) is 0.0714. The highest BCUT2D eigenvalue weighted by atomic mass is 79.9. The molecule has 0 unspecified atom stereocenters. The van der Waals surface area contributed by atoms with Gasteiger partial charge in [0, 0.05) is 26.6 Å². The van der Waals surface area contributed by atoms with Crippen LogP contribution in [0.15, 0.2) is 46.4 Å². The van der Waals surface area contributed by atoms with Crippen molar-refractivity contribution in [3.05, 3.63) is 51.3 Å². The second-order valence-corrected chi connectivity index (χ2v) is 6.02. The molecular weight excluding hydrogens is 324 g/mol. The van der Waals surface area contributed by atoms with Crippen molar-refractivity contribution in [3.63, 3.8) is 0 Å². The molecule has 2 heterocycles. The first-order chi connectivity index (χ1) is 9.24. The zero-order valence-corrected chi connectivity index (χ0v) is 12.4. The second-order valence-electron chi connectivity index (χ2n) is 4.07. The lowest BCUT2D eigenvalue weighted by molar-refractivity contribution is 0.313. The molecule has 96 valence electrons. The third kappa shape index (κ3) is 2.57. The number of nitrogen functional groups attached to an aromatic ring is 1. The first kappa shape index (κ1) is 12.4. The number of pyridine rings is 1. The molecule has 3 aromatic rings. The molecule has 2 N–H and O–H groups in total. The number of hydrogen-bond acceptors (Lipinski definition) is 4. The molecule has 0 spiro atoms. The van der Waals surface area contributed by atoms with Crippen molar-refractivity contribution < 1.29 is 4.74 Å². The van der Waals surface area contributed by atoms with Gasteiger partial charge in [-0.05, 0) is 45.6 Å². The molecule has 0 saturated carbocycles. The van der Waals surface area contributed by atoms with Gasteiger partial charge in [0.1, 0.15) is 17.9 Å². The summed E-state index contributed by atoms with van der Waals surface area (Å²) < 4.78 is 6.74. The highest BCUT2D eigenvalue weighted by Crippen LogP contribution is 2.31. The summed E-state index contributed by atoms with van der Waals surface area (Å²) in [6, 6.07) is 9.73. The highest BCUT2D eigenvalue weighted by Gasteiger charge is 2.08. The summed E-state index contributed by atoms with van der Waals surface area (Å²) in [6.07, 6.45) is 1.75. The van der Waals surface area contributed by atoms with E-state index in [-0.39, 0.29) is 0 Å². The van der Waals surface area contributed by atoms with Crippen molar-refractivity contribution in [1.29, 1.82) is 0 Å². The number of benzene rings is 1. The van der Waals surface area contributed by atoms with Crippen molar-refractivity contribution in [2.24, 2.45) is 0 Å². The lowest BCUT2D eigenvalue weighted by atomic mass is 10.1. The molecule has 19 heavy (non-hydrogen) atoms. The Morgan fingerprint density at radius 1 is 1.32 bits per heavy atom. The molecule has 0 atom stereocenters. The van der Waals surface area contributed by atoms with Gasteiger partial charge in [0.05, 0.1) is 0 Å². The van der Waals surface area contributed by atoms with E-state index < -0.39 is 0 Å². The third-order valence-electron chi connectivity index (χ3n) is 2.76. The number of thiophene rings is 1. The van der Waals surface area contributed by atoms with E-state index in [2.05, 4.69) is 20.9 Å². The first-order valence-corrected chi connectivity index (χ1v) is 7.40. The number of nitrogens with zero attached hydrogens (tertiary/aromatic N) is 1. The molecule has 0 aliphatic heterocycles. The fourth-order valence-electron chi connectivity index (χ4n) is 1.85. The lowest BCUT2D eigenvalue weighted by Crippen LogP contribution is -1.96. The van der Waals surface area contributed by atoms with Crippen LogP contribution in [0.2, 0.25) is 0 Å². The summed E-state index contributed by atoms with van der Waals surface area (Å²) in [5, 5.41) is 2.94. The monoisotopic (exact) mass is 334 g/mol. The maximum atomic E-state index is 5.97. The fourth-order valence-corrected chi connectivity index (χ4v) is 2.80. The molecule has 0 bridgehead atoms. The predicted molar refractivity (Wildman–Crippen MR) is 82.5 cm³/mol. The molecule has 5 heteroatoms. The van der Waals surface area contributed by atoms with Crippen LogP contribution in [0.1, 0.15) is 4.88 Å². The van der Waals surface area contributed by atoms with Crippen LogP contribution >= 0.6 is 27.3 Å². The molecule has 0 saturated heterocycles. The Hall–Kier alpha value is -1.59. The Morgan fingerprint density at radius 3 is 3.00 bits per heavy atom. The number of rotatable bonds is 3. The Labute approximate surface area is 123 Å². The number of nitrogens with two attached hydrogens (primary N) is 1. The Morgan fingerprint density at radius 2 is 2.21 bits per heavy atom. The summed E-state index contributed by atoms with van der Waals surface area (Å²) in [4.78, 5) is 5.58. The Bertz CT molecular complexity index is 713. The zero-order chi connectivity index (χ0) is 13.2. The van der Waals surface area contributed by atoms with Gasteiger partial charge in [-0.3, -0.25) is 4.98 Å². The summed E-state index contributed by atoms with van der Waals surface area (Å²) in [7, 11) is 0. The normalized spacial score (nSPS) is 10.8. The van der Waals surface area contributed by atoms with Crippen LogP contribution in [0.25, 0.3) is 10.9 Å². The number of hydrogen-bond donors (Lipinski definition) is 1. The summed E-state index contributed by atoms with van der Waals surface area (Å²) >= 11 is 5.08. The van der Waals surface area contributed by atoms with Gasteiger partial charge in [0.2, 0.25) is 0 Å². The average Bonchev–Trinajstić information content (AvgIpc) is 2.92. The highest BCUT2D eigenvalue weighted by molar-refractivity contribution is 9.10. The molecular formula is C14H11BrN2OS. The van der Waals surface area contributed by atoms with Crippen molar-refractivity contribution in [2.75, 3.05) is 5.73 Å². The molecule has 3 rings (SSSR count). The van der Waals surface area contributed by atoms with E-state index in [1.807, 2.05) is 35.7 Å².